The Hall–Kier alpha value is -1.08. The highest BCUT2D eigenvalue weighted by Gasteiger charge is 2.00. The molecule has 2 aromatic rings. The number of rotatable bonds is 2. The maximum atomic E-state index is 3.11. The Bertz CT molecular complexity index is 382. The average molecular weight is 201 g/mol. The maximum absolute atomic E-state index is 3.11. The van der Waals surface area contributed by atoms with Crippen LogP contribution in [0.3, 0.4) is 0 Å². The van der Waals surface area contributed by atoms with Crippen LogP contribution in [0.25, 0.3) is 11.1 Å². The summed E-state index contributed by atoms with van der Waals surface area (Å²) in [5.41, 5.74) is 3.95. The zero-order valence-electron chi connectivity index (χ0n) is 8.45. The largest absolute Gasteiger partial charge is 0.142 e. The first-order valence-electron chi connectivity index (χ1n) is 4.82. The van der Waals surface area contributed by atoms with E-state index in [1.165, 1.54) is 16.7 Å². The van der Waals surface area contributed by atoms with Crippen LogP contribution in [0.5, 0.6) is 0 Å². The molecule has 2 rings (SSSR count). The summed E-state index contributed by atoms with van der Waals surface area (Å²) in [6, 6.07) is 10.8. The van der Waals surface area contributed by atoms with E-state index in [0.29, 0.717) is 5.92 Å². The Kier molecular flexibility index (Phi) is 2.69. The Morgan fingerprint density at radius 1 is 1.07 bits per heavy atom. The molecular weight excluding hydrogens is 188 g/mol. The summed E-state index contributed by atoms with van der Waals surface area (Å²) in [5.74, 6) is 0.609. The molecule has 1 heteroatoms. The van der Waals surface area contributed by atoms with E-state index in [2.05, 4.69) is 48.9 Å². The quantitative estimate of drug-likeness (QED) is 0.678. The molecule has 0 aliphatic heterocycles. The van der Waals surface area contributed by atoms with Gasteiger partial charge in [-0.25, -0.2) is 0 Å². The van der Waals surface area contributed by atoms with Crippen molar-refractivity contribution in [2.45, 2.75) is 19.8 Å². The minimum Gasteiger partial charge on any atom is -0.142 e. The smallest absolute Gasteiger partial charge is 0.0449 e. The van der Waals surface area contributed by atoms with Gasteiger partial charge < -0.3 is 0 Å². The number of thiophene rings is 1. The summed E-state index contributed by atoms with van der Waals surface area (Å²) >= 11 is 1.62. The number of benzene rings is 1. The minimum atomic E-state index is 0.609. The molecule has 0 fully saturated rings. The highest BCUT2D eigenvalue weighted by atomic mass is 32.1. The van der Waals surface area contributed by atoms with E-state index in [1.807, 2.05) is 6.07 Å². The van der Waals surface area contributed by atoms with Crippen LogP contribution in [0.1, 0.15) is 25.3 Å². The fraction of sp³-hybridized carbons (Fsp3) is 0.231. The molecule has 1 aromatic carbocycles. The zero-order valence-corrected chi connectivity index (χ0v) is 9.27. The predicted molar refractivity (Wildman–Crippen MR) is 62.7 cm³/mol. The fourth-order valence-electron chi connectivity index (χ4n) is 1.44. The van der Waals surface area contributed by atoms with Crippen LogP contribution in [0.15, 0.2) is 35.7 Å². The third-order valence-corrected chi connectivity index (χ3v) is 3.00. The van der Waals surface area contributed by atoms with Crippen molar-refractivity contribution < 1.29 is 0 Å². The highest BCUT2D eigenvalue weighted by molar-refractivity contribution is 7.07. The van der Waals surface area contributed by atoms with Crippen LogP contribution in [0.2, 0.25) is 0 Å². The van der Waals surface area contributed by atoms with Crippen molar-refractivity contribution in [3.63, 3.8) is 0 Å². The van der Waals surface area contributed by atoms with Crippen molar-refractivity contribution >= 4 is 11.3 Å². The Morgan fingerprint density at radius 3 is 2.29 bits per heavy atom. The van der Waals surface area contributed by atoms with Gasteiger partial charge in [0.2, 0.25) is 0 Å². The molecule has 0 bridgehead atoms. The van der Waals surface area contributed by atoms with E-state index in [-0.39, 0.29) is 0 Å². The molecule has 1 aromatic heterocycles. The molecular formula is C13H13S. The first-order chi connectivity index (χ1) is 6.77. The third-order valence-electron chi connectivity index (χ3n) is 2.38. The second kappa shape index (κ2) is 3.97. The summed E-state index contributed by atoms with van der Waals surface area (Å²) in [7, 11) is 0. The fourth-order valence-corrected chi connectivity index (χ4v) is 2.04. The second-order valence-electron chi connectivity index (χ2n) is 3.73. The van der Waals surface area contributed by atoms with Crippen molar-refractivity contribution in [2.24, 2.45) is 0 Å². The Morgan fingerprint density at radius 2 is 1.79 bits per heavy atom. The summed E-state index contributed by atoms with van der Waals surface area (Å²) < 4.78 is 0. The van der Waals surface area contributed by atoms with E-state index in [4.69, 9.17) is 0 Å². The van der Waals surface area contributed by atoms with E-state index >= 15 is 0 Å². The van der Waals surface area contributed by atoms with E-state index in [1.54, 1.807) is 11.3 Å². The maximum Gasteiger partial charge on any atom is 0.0449 e. The minimum absolute atomic E-state index is 0.609. The molecule has 0 nitrogen and oxygen atoms in total. The molecule has 0 aliphatic carbocycles. The van der Waals surface area contributed by atoms with Gasteiger partial charge in [0, 0.05) is 5.38 Å². The first-order valence-corrected chi connectivity index (χ1v) is 5.70. The summed E-state index contributed by atoms with van der Waals surface area (Å²) in [6.07, 6.45) is 0. The predicted octanol–water partition coefficient (Wildman–Crippen LogP) is 4.34. The topological polar surface area (TPSA) is 0 Å². The Labute approximate surface area is 89.2 Å². The first kappa shape index (κ1) is 9.47. The van der Waals surface area contributed by atoms with Crippen molar-refractivity contribution in [1.82, 2.24) is 0 Å². The van der Waals surface area contributed by atoms with Crippen LogP contribution in [-0.4, -0.2) is 0 Å². The third kappa shape index (κ3) is 1.88. The molecule has 0 N–H and O–H groups in total. The van der Waals surface area contributed by atoms with Crippen molar-refractivity contribution in [2.75, 3.05) is 0 Å². The lowest BCUT2D eigenvalue weighted by atomic mass is 10.0. The lowest BCUT2D eigenvalue weighted by Gasteiger charge is -2.05. The van der Waals surface area contributed by atoms with Gasteiger partial charge in [-0.3, -0.25) is 0 Å². The lowest BCUT2D eigenvalue weighted by Crippen LogP contribution is -1.85. The molecule has 14 heavy (non-hydrogen) atoms. The van der Waals surface area contributed by atoms with Crippen molar-refractivity contribution in [3.05, 3.63) is 46.7 Å². The highest BCUT2D eigenvalue weighted by Crippen LogP contribution is 2.23. The zero-order chi connectivity index (χ0) is 9.97. The lowest BCUT2D eigenvalue weighted by molar-refractivity contribution is 0.867. The van der Waals surface area contributed by atoms with Gasteiger partial charge in [0.15, 0.2) is 0 Å². The summed E-state index contributed by atoms with van der Waals surface area (Å²) in [5, 5.41) is 5.24. The van der Waals surface area contributed by atoms with Gasteiger partial charge in [-0.2, -0.15) is 0 Å². The van der Waals surface area contributed by atoms with Crippen LogP contribution < -0.4 is 0 Å². The number of hydrogen-bond acceptors (Lipinski definition) is 1. The molecule has 0 amide bonds. The van der Waals surface area contributed by atoms with Gasteiger partial charge in [-0.1, -0.05) is 38.1 Å². The van der Waals surface area contributed by atoms with Gasteiger partial charge in [-0.05, 0) is 34.1 Å². The van der Waals surface area contributed by atoms with Gasteiger partial charge in [-0.15, -0.1) is 11.3 Å². The van der Waals surface area contributed by atoms with Crippen LogP contribution in [0, 0.1) is 5.38 Å². The van der Waals surface area contributed by atoms with E-state index < -0.39 is 0 Å². The monoisotopic (exact) mass is 201 g/mol. The van der Waals surface area contributed by atoms with Gasteiger partial charge in [0.25, 0.3) is 0 Å². The van der Waals surface area contributed by atoms with Crippen LogP contribution in [0.4, 0.5) is 0 Å². The molecule has 1 radical (unpaired) electrons. The summed E-state index contributed by atoms with van der Waals surface area (Å²) in [6.45, 7) is 4.43. The standard InChI is InChI=1S/C13H13S/c1-10(2)11-3-5-12(6-4-11)13-7-8-14-9-13/h3-7,9-10H,1-2H3. The SMILES string of the molecule is CC(C)c1ccc(-c2c[c]sc2)cc1. The van der Waals surface area contributed by atoms with Crippen LogP contribution >= 0.6 is 11.3 Å². The average Bonchev–Trinajstić information content (AvgIpc) is 2.71. The van der Waals surface area contributed by atoms with E-state index in [0.717, 1.165) is 0 Å². The molecule has 0 spiro atoms. The van der Waals surface area contributed by atoms with Gasteiger partial charge in [0.1, 0.15) is 0 Å². The van der Waals surface area contributed by atoms with Crippen molar-refractivity contribution in [3.8, 4) is 11.1 Å². The summed E-state index contributed by atoms with van der Waals surface area (Å²) in [4.78, 5) is 0. The number of hydrogen-bond donors (Lipinski definition) is 0. The molecule has 1 heterocycles. The molecule has 0 aliphatic rings. The van der Waals surface area contributed by atoms with E-state index in [9.17, 15) is 0 Å². The molecule has 0 saturated heterocycles. The normalized spacial score (nSPS) is 10.8. The molecule has 0 unspecified atom stereocenters. The molecule has 0 atom stereocenters. The van der Waals surface area contributed by atoms with Crippen molar-refractivity contribution in [1.29, 1.82) is 0 Å². The molecule has 0 saturated carbocycles. The Balaban J connectivity index is 2.31. The van der Waals surface area contributed by atoms with Crippen LogP contribution in [-0.2, 0) is 0 Å². The molecule has 71 valence electrons. The van der Waals surface area contributed by atoms with Gasteiger partial charge in [0.05, 0.1) is 0 Å². The second-order valence-corrected chi connectivity index (χ2v) is 4.44. The van der Waals surface area contributed by atoms with Gasteiger partial charge >= 0.3 is 0 Å².